The van der Waals surface area contributed by atoms with Crippen molar-refractivity contribution >= 4 is 17.8 Å². The highest BCUT2D eigenvalue weighted by Crippen LogP contribution is 2.34. The summed E-state index contributed by atoms with van der Waals surface area (Å²) in [6.45, 7) is 6.91. The Morgan fingerprint density at radius 1 is 1.32 bits per heavy atom. The van der Waals surface area contributed by atoms with E-state index in [9.17, 15) is 19.8 Å². The Labute approximate surface area is 220 Å². The Hall–Kier alpha value is -2.82. The molecule has 202 valence electrons. The van der Waals surface area contributed by atoms with Crippen molar-refractivity contribution in [1.29, 1.82) is 0 Å². The van der Waals surface area contributed by atoms with E-state index < -0.39 is 47.9 Å². The standard InChI is InChI=1S/C30H40FNO5/c1-6-7-14-23-28(35)21(3)12-10-11-20(2)15-16-25(24(31)18-22-13-8-9-17-32-22)37-27(34)19-26(33)30(4,5)29(23)36/h1,8-9,13,15,17-18,21,23,25-26,28,33,35H,7,10-12,14,16,19H2,2-5H3/b20-15-,24-18+/t21-,23-,25?,26+,28+/m1/s1. The van der Waals surface area contributed by atoms with E-state index in [4.69, 9.17) is 11.2 Å². The Morgan fingerprint density at radius 2 is 2.05 bits per heavy atom. The number of hydrogen-bond acceptors (Lipinski definition) is 6. The van der Waals surface area contributed by atoms with Gasteiger partial charge in [0.2, 0.25) is 0 Å². The van der Waals surface area contributed by atoms with E-state index in [2.05, 4.69) is 10.9 Å². The van der Waals surface area contributed by atoms with Crippen molar-refractivity contribution in [3.05, 3.63) is 47.6 Å². The Balaban J connectivity index is 2.38. The van der Waals surface area contributed by atoms with Crippen LogP contribution >= 0.6 is 0 Å². The average Bonchev–Trinajstić information content (AvgIpc) is 2.86. The number of nitrogens with zero attached hydrogens (tertiary/aromatic N) is 1. The number of Topliss-reactive ketones (excluding diaryl/α,β-unsaturated/α-hetero) is 1. The highest BCUT2D eigenvalue weighted by molar-refractivity contribution is 5.88. The van der Waals surface area contributed by atoms with Gasteiger partial charge in [0, 0.05) is 25.0 Å². The summed E-state index contributed by atoms with van der Waals surface area (Å²) in [5, 5.41) is 22.0. The molecule has 0 aliphatic carbocycles. The molecule has 0 bridgehead atoms. The predicted octanol–water partition coefficient (Wildman–Crippen LogP) is 5.20. The molecule has 1 aliphatic heterocycles. The SMILES string of the molecule is C#CCC[C@H]1C(=O)C(C)(C)[C@@H](O)CC(=O)OC(/C(F)=C\c2ccccn2)C/C=C(/C)CCC[C@@H](C)[C@@H]1O. The molecule has 1 aromatic heterocycles. The average molecular weight is 514 g/mol. The van der Waals surface area contributed by atoms with Crippen LogP contribution in [0.4, 0.5) is 4.39 Å². The van der Waals surface area contributed by atoms with E-state index >= 15 is 4.39 Å². The summed E-state index contributed by atoms with van der Waals surface area (Å²) in [6.07, 6.45) is 8.91. The van der Waals surface area contributed by atoms with E-state index in [-0.39, 0.29) is 24.5 Å². The number of terminal acetylenes is 1. The molecule has 2 heterocycles. The predicted molar refractivity (Wildman–Crippen MR) is 142 cm³/mol. The number of cyclic esters (lactones) is 1. The van der Waals surface area contributed by atoms with Crippen molar-refractivity contribution in [3.8, 4) is 12.3 Å². The van der Waals surface area contributed by atoms with E-state index in [0.29, 0.717) is 18.5 Å². The maximum absolute atomic E-state index is 15.2. The molecule has 0 fully saturated rings. The van der Waals surface area contributed by atoms with Gasteiger partial charge in [-0.3, -0.25) is 14.6 Å². The zero-order valence-electron chi connectivity index (χ0n) is 22.3. The Bertz CT molecular complexity index is 1010. The van der Waals surface area contributed by atoms with Crippen LogP contribution in [0.2, 0.25) is 0 Å². The summed E-state index contributed by atoms with van der Waals surface area (Å²) in [5.74, 6) is -0.264. The maximum Gasteiger partial charge on any atom is 0.309 e. The molecule has 1 unspecified atom stereocenters. The molecule has 0 radical (unpaired) electrons. The van der Waals surface area contributed by atoms with E-state index in [1.165, 1.54) is 6.08 Å². The second-order valence-corrected chi connectivity index (χ2v) is 10.6. The third kappa shape index (κ3) is 8.91. The number of pyridine rings is 1. The number of carbonyl (C=O) groups excluding carboxylic acids is 2. The van der Waals surface area contributed by atoms with E-state index in [1.807, 2.05) is 19.9 Å². The lowest BCUT2D eigenvalue weighted by atomic mass is 9.71. The lowest BCUT2D eigenvalue weighted by Gasteiger charge is -2.36. The van der Waals surface area contributed by atoms with Crippen molar-refractivity contribution in [2.24, 2.45) is 17.3 Å². The number of ether oxygens (including phenoxy) is 1. The van der Waals surface area contributed by atoms with Crippen LogP contribution in [-0.4, -0.2) is 45.3 Å². The smallest absolute Gasteiger partial charge is 0.309 e. The van der Waals surface area contributed by atoms with Gasteiger partial charge in [0.25, 0.3) is 0 Å². The fraction of sp³-hybridized carbons (Fsp3) is 0.567. The summed E-state index contributed by atoms with van der Waals surface area (Å²) in [7, 11) is 0. The van der Waals surface area contributed by atoms with E-state index in [1.54, 1.807) is 38.2 Å². The second-order valence-electron chi connectivity index (χ2n) is 10.6. The molecule has 0 saturated heterocycles. The summed E-state index contributed by atoms with van der Waals surface area (Å²) in [4.78, 5) is 30.4. The molecule has 0 amide bonds. The van der Waals surface area contributed by atoms with Crippen molar-refractivity contribution in [1.82, 2.24) is 4.98 Å². The topological polar surface area (TPSA) is 96.7 Å². The van der Waals surface area contributed by atoms with Crippen LogP contribution in [-0.2, 0) is 14.3 Å². The molecule has 2 rings (SSSR count). The molecule has 5 atom stereocenters. The van der Waals surface area contributed by atoms with Gasteiger partial charge in [-0.2, -0.15) is 0 Å². The highest BCUT2D eigenvalue weighted by Gasteiger charge is 2.43. The normalized spacial score (nSPS) is 30.1. The zero-order chi connectivity index (χ0) is 27.6. The van der Waals surface area contributed by atoms with Gasteiger partial charge in [-0.15, -0.1) is 12.3 Å². The lowest BCUT2D eigenvalue weighted by molar-refractivity contribution is -0.155. The van der Waals surface area contributed by atoms with Gasteiger partial charge in [0.15, 0.2) is 6.10 Å². The maximum atomic E-state index is 15.2. The summed E-state index contributed by atoms with van der Waals surface area (Å²) in [5.41, 5.74) is 0.0347. The monoisotopic (exact) mass is 513 g/mol. The molecule has 0 aromatic carbocycles. The number of allylic oxidation sites excluding steroid dienone is 1. The minimum atomic E-state index is -1.39. The first-order valence-corrected chi connectivity index (χ1v) is 12.9. The van der Waals surface area contributed by atoms with Crippen LogP contribution in [0.15, 0.2) is 41.9 Å². The van der Waals surface area contributed by atoms with Crippen LogP contribution in [0.5, 0.6) is 0 Å². The van der Waals surface area contributed by atoms with Crippen molar-refractivity contribution in [2.45, 2.75) is 91.0 Å². The number of ketones is 1. The van der Waals surface area contributed by atoms with E-state index in [0.717, 1.165) is 18.4 Å². The number of rotatable bonds is 4. The van der Waals surface area contributed by atoms with Crippen LogP contribution in [0.3, 0.4) is 0 Å². The largest absolute Gasteiger partial charge is 0.455 e. The fourth-order valence-electron chi connectivity index (χ4n) is 4.55. The van der Waals surface area contributed by atoms with Gasteiger partial charge < -0.3 is 14.9 Å². The first-order chi connectivity index (χ1) is 17.5. The van der Waals surface area contributed by atoms with Crippen molar-refractivity contribution in [3.63, 3.8) is 0 Å². The second kappa shape index (κ2) is 14.2. The number of hydrogen-bond donors (Lipinski definition) is 2. The minimum Gasteiger partial charge on any atom is -0.455 e. The molecule has 1 aliphatic rings. The molecule has 0 saturated carbocycles. The fourth-order valence-corrected chi connectivity index (χ4v) is 4.55. The number of aliphatic hydroxyl groups is 2. The summed E-state index contributed by atoms with van der Waals surface area (Å²) in [6, 6.07) is 5.09. The van der Waals surface area contributed by atoms with Gasteiger partial charge in [-0.25, -0.2) is 4.39 Å². The van der Waals surface area contributed by atoms with Gasteiger partial charge in [0.1, 0.15) is 11.6 Å². The van der Waals surface area contributed by atoms with Gasteiger partial charge >= 0.3 is 5.97 Å². The van der Waals surface area contributed by atoms with Gasteiger partial charge in [-0.05, 0) is 56.7 Å². The molecule has 6 nitrogen and oxygen atoms in total. The molecule has 2 N–H and O–H groups in total. The highest BCUT2D eigenvalue weighted by atomic mass is 19.1. The quantitative estimate of drug-likeness (QED) is 0.327. The first kappa shape index (κ1) is 30.4. The molecule has 1 aromatic rings. The third-order valence-electron chi connectivity index (χ3n) is 7.23. The summed E-state index contributed by atoms with van der Waals surface area (Å²) < 4.78 is 20.7. The van der Waals surface area contributed by atoms with Crippen LogP contribution in [0.25, 0.3) is 6.08 Å². The lowest BCUT2D eigenvalue weighted by Crippen LogP contribution is -2.46. The number of esters is 1. The molecular formula is C30H40FNO5. The van der Waals surface area contributed by atoms with Gasteiger partial charge in [-0.1, -0.05) is 38.5 Å². The van der Waals surface area contributed by atoms with Crippen LogP contribution in [0, 0.1) is 29.6 Å². The summed E-state index contributed by atoms with van der Waals surface area (Å²) >= 11 is 0. The number of carbonyl (C=O) groups is 2. The Morgan fingerprint density at radius 3 is 2.70 bits per heavy atom. The molecule has 37 heavy (non-hydrogen) atoms. The van der Waals surface area contributed by atoms with Crippen molar-refractivity contribution in [2.75, 3.05) is 0 Å². The van der Waals surface area contributed by atoms with Crippen molar-refractivity contribution < 1.29 is 28.9 Å². The zero-order valence-corrected chi connectivity index (χ0v) is 22.3. The first-order valence-electron chi connectivity index (χ1n) is 12.9. The van der Waals surface area contributed by atoms with Crippen LogP contribution in [0.1, 0.15) is 78.3 Å². The third-order valence-corrected chi connectivity index (χ3v) is 7.23. The Kier molecular flexibility index (Phi) is 11.7. The van der Waals surface area contributed by atoms with Crippen LogP contribution < -0.4 is 0 Å². The molecule has 0 spiro atoms. The minimum absolute atomic E-state index is 0.123. The number of aromatic nitrogens is 1. The molecule has 7 heteroatoms. The number of aliphatic hydroxyl groups excluding tert-OH is 2. The molecular weight excluding hydrogens is 473 g/mol. The van der Waals surface area contributed by atoms with Gasteiger partial charge in [0.05, 0.1) is 29.7 Å². The number of halogens is 1.